The molecule has 2 aromatic carbocycles. The van der Waals surface area contributed by atoms with Crippen LogP contribution in [0.4, 0.5) is 0 Å². The highest BCUT2D eigenvalue weighted by atomic mass is 16.4. The molecule has 4 heteroatoms. The standard InChI is InChI=1S/C21H23NO3/c1-15(2)21(20(24)25)12-13-22(14-21)19(23)18-10-8-17(9-11-18)16-6-4-3-5-7-16/h3-11,15H,12-14H2,1-2H3,(H,24,25). The van der Waals surface area contributed by atoms with Crippen molar-refractivity contribution < 1.29 is 14.7 Å². The molecule has 1 atom stereocenters. The van der Waals surface area contributed by atoms with Gasteiger partial charge in [0.2, 0.25) is 0 Å². The Morgan fingerprint density at radius 1 is 1.00 bits per heavy atom. The van der Waals surface area contributed by atoms with E-state index in [1.165, 1.54) is 0 Å². The molecular formula is C21H23NO3. The van der Waals surface area contributed by atoms with E-state index >= 15 is 0 Å². The van der Waals surface area contributed by atoms with Crippen molar-refractivity contribution in [1.82, 2.24) is 4.90 Å². The largest absolute Gasteiger partial charge is 0.481 e. The minimum Gasteiger partial charge on any atom is -0.481 e. The maximum absolute atomic E-state index is 12.8. The van der Waals surface area contributed by atoms with Crippen molar-refractivity contribution in [2.45, 2.75) is 20.3 Å². The van der Waals surface area contributed by atoms with E-state index in [4.69, 9.17) is 0 Å². The number of aliphatic carboxylic acids is 1. The first-order valence-electron chi connectivity index (χ1n) is 8.62. The Hall–Kier alpha value is -2.62. The van der Waals surface area contributed by atoms with Crippen molar-refractivity contribution in [3.05, 3.63) is 60.2 Å². The van der Waals surface area contributed by atoms with Gasteiger partial charge in [0.1, 0.15) is 0 Å². The van der Waals surface area contributed by atoms with Crippen molar-refractivity contribution in [2.24, 2.45) is 11.3 Å². The van der Waals surface area contributed by atoms with Crippen LogP contribution >= 0.6 is 0 Å². The van der Waals surface area contributed by atoms with Crippen LogP contribution in [-0.2, 0) is 4.79 Å². The molecule has 1 heterocycles. The Balaban J connectivity index is 1.77. The Morgan fingerprint density at radius 3 is 2.12 bits per heavy atom. The quantitative estimate of drug-likeness (QED) is 0.920. The minimum absolute atomic E-state index is 0.0109. The number of benzene rings is 2. The van der Waals surface area contributed by atoms with Crippen LogP contribution in [0.1, 0.15) is 30.6 Å². The highest BCUT2D eigenvalue weighted by Crippen LogP contribution is 2.38. The second kappa shape index (κ2) is 6.71. The maximum Gasteiger partial charge on any atom is 0.311 e. The van der Waals surface area contributed by atoms with E-state index in [0.29, 0.717) is 18.5 Å². The predicted molar refractivity (Wildman–Crippen MR) is 97.3 cm³/mol. The molecule has 0 spiro atoms. The lowest BCUT2D eigenvalue weighted by Crippen LogP contribution is -2.40. The molecule has 25 heavy (non-hydrogen) atoms. The molecule has 0 aliphatic carbocycles. The van der Waals surface area contributed by atoms with Gasteiger partial charge in [0.25, 0.3) is 5.91 Å². The number of hydrogen-bond acceptors (Lipinski definition) is 2. The van der Waals surface area contributed by atoms with Gasteiger partial charge in [0.15, 0.2) is 0 Å². The molecule has 1 N–H and O–H groups in total. The SMILES string of the molecule is CC(C)C1(C(=O)O)CCN(C(=O)c2ccc(-c3ccccc3)cc2)C1. The Labute approximate surface area is 148 Å². The average Bonchev–Trinajstić information content (AvgIpc) is 3.09. The number of carbonyl (C=O) groups excluding carboxylic acids is 1. The molecule has 0 radical (unpaired) electrons. The van der Waals surface area contributed by atoms with Crippen LogP contribution in [0.2, 0.25) is 0 Å². The summed E-state index contributed by atoms with van der Waals surface area (Å²) in [5, 5.41) is 9.63. The van der Waals surface area contributed by atoms with Crippen LogP contribution in [0, 0.1) is 11.3 Å². The number of carbonyl (C=O) groups is 2. The summed E-state index contributed by atoms with van der Waals surface area (Å²) in [6, 6.07) is 17.5. The summed E-state index contributed by atoms with van der Waals surface area (Å²) in [6.07, 6.45) is 0.508. The number of amides is 1. The maximum atomic E-state index is 12.8. The van der Waals surface area contributed by atoms with Crippen LogP contribution in [-0.4, -0.2) is 35.0 Å². The normalized spacial score (nSPS) is 20.0. The number of carboxylic acid groups (broad SMARTS) is 1. The van der Waals surface area contributed by atoms with Gasteiger partial charge in [0, 0.05) is 18.7 Å². The van der Waals surface area contributed by atoms with Gasteiger partial charge in [-0.25, -0.2) is 0 Å². The third-order valence-electron chi connectivity index (χ3n) is 5.36. The molecule has 2 aromatic rings. The number of likely N-dealkylation sites (tertiary alicyclic amines) is 1. The van der Waals surface area contributed by atoms with Crippen molar-refractivity contribution in [3.63, 3.8) is 0 Å². The van der Waals surface area contributed by atoms with Crippen LogP contribution in [0.5, 0.6) is 0 Å². The zero-order chi connectivity index (χ0) is 18.0. The topological polar surface area (TPSA) is 57.6 Å². The summed E-state index contributed by atoms with van der Waals surface area (Å²) in [5.41, 5.74) is 1.93. The second-order valence-corrected chi connectivity index (χ2v) is 7.04. The third kappa shape index (κ3) is 3.16. The average molecular weight is 337 g/mol. The monoisotopic (exact) mass is 337 g/mol. The molecule has 0 bridgehead atoms. The van der Waals surface area contributed by atoms with Crippen molar-refractivity contribution in [2.75, 3.05) is 13.1 Å². The van der Waals surface area contributed by atoms with Gasteiger partial charge in [0.05, 0.1) is 5.41 Å². The van der Waals surface area contributed by atoms with Crippen molar-refractivity contribution >= 4 is 11.9 Å². The van der Waals surface area contributed by atoms with Gasteiger partial charge in [-0.1, -0.05) is 56.3 Å². The van der Waals surface area contributed by atoms with E-state index in [1.807, 2.05) is 68.4 Å². The summed E-state index contributed by atoms with van der Waals surface area (Å²) >= 11 is 0. The Morgan fingerprint density at radius 2 is 1.60 bits per heavy atom. The highest BCUT2D eigenvalue weighted by molar-refractivity contribution is 5.95. The summed E-state index contributed by atoms with van der Waals surface area (Å²) in [4.78, 5) is 26.2. The summed E-state index contributed by atoms with van der Waals surface area (Å²) in [5.74, 6) is -0.913. The van der Waals surface area contributed by atoms with Gasteiger partial charge in [-0.3, -0.25) is 9.59 Å². The van der Waals surface area contributed by atoms with Gasteiger partial charge in [-0.2, -0.15) is 0 Å². The van der Waals surface area contributed by atoms with E-state index < -0.39 is 11.4 Å². The van der Waals surface area contributed by atoms with Crippen LogP contribution in [0.25, 0.3) is 11.1 Å². The van der Waals surface area contributed by atoms with Crippen molar-refractivity contribution in [3.8, 4) is 11.1 Å². The third-order valence-corrected chi connectivity index (χ3v) is 5.36. The number of hydrogen-bond donors (Lipinski definition) is 1. The van der Waals surface area contributed by atoms with Gasteiger partial charge in [-0.05, 0) is 35.6 Å². The molecule has 1 saturated heterocycles. The molecule has 130 valence electrons. The molecule has 1 unspecified atom stereocenters. The van der Waals surface area contributed by atoms with Gasteiger partial charge in [-0.15, -0.1) is 0 Å². The van der Waals surface area contributed by atoms with E-state index in [0.717, 1.165) is 11.1 Å². The van der Waals surface area contributed by atoms with E-state index in [1.54, 1.807) is 4.90 Å². The minimum atomic E-state index is -0.834. The molecule has 1 amide bonds. The number of rotatable bonds is 4. The molecule has 4 nitrogen and oxygen atoms in total. The van der Waals surface area contributed by atoms with Crippen LogP contribution < -0.4 is 0 Å². The zero-order valence-electron chi connectivity index (χ0n) is 14.6. The second-order valence-electron chi connectivity index (χ2n) is 7.04. The fraction of sp³-hybridized carbons (Fsp3) is 0.333. The first kappa shape index (κ1) is 17.2. The molecule has 1 aliphatic heterocycles. The lowest BCUT2D eigenvalue weighted by Gasteiger charge is -2.28. The first-order valence-corrected chi connectivity index (χ1v) is 8.62. The smallest absolute Gasteiger partial charge is 0.311 e. The Kier molecular flexibility index (Phi) is 4.62. The molecule has 3 rings (SSSR count). The van der Waals surface area contributed by atoms with Gasteiger partial charge < -0.3 is 10.0 Å². The zero-order valence-corrected chi connectivity index (χ0v) is 14.6. The summed E-state index contributed by atoms with van der Waals surface area (Å²) in [7, 11) is 0. The number of carboxylic acids is 1. The van der Waals surface area contributed by atoms with E-state index in [-0.39, 0.29) is 18.4 Å². The van der Waals surface area contributed by atoms with E-state index in [2.05, 4.69) is 0 Å². The summed E-state index contributed by atoms with van der Waals surface area (Å²) in [6.45, 7) is 4.59. The van der Waals surface area contributed by atoms with E-state index in [9.17, 15) is 14.7 Å². The van der Waals surface area contributed by atoms with Crippen molar-refractivity contribution in [1.29, 1.82) is 0 Å². The first-order chi connectivity index (χ1) is 11.9. The predicted octanol–water partition coefficient (Wildman–Crippen LogP) is 3.93. The molecule has 1 aliphatic rings. The molecule has 0 aromatic heterocycles. The number of nitrogens with zero attached hydrogens (tertiary/aromatic N) is 1. The Bertz CT molecular complexity index is 767. The molecule has 0 saturated carbocycles. The molecule has 1 fully saturated rings. The van der Waals surface area contributed by atoms with Crippen LogP contribution in [0.15, 0.2) is 54.6 Å². The fourth-order valence-corrected chi connectivity index (χ4v) is 3.52. The fourth-order valence-electron chi connectivity index (χ4n) is 3.52. The van der Waals surface area contributed by atoms with Crippen LogP contribution in [0.3, 0.4) is 0 Å². The lowest BCUT2D eigenvalue weighted by molar-refractivity contribution is -0.150. The highest BCUT2D eigenvalue weighted by Gasteiger charge is 2.48. The molecular weight excluding hydrogens is 314 g/mol. The lowest BCUT2D eigenvalue weighted by atomic mass is 9.76. The van der Waals surface area contributed by atoms with Gasteiger partial charge >= 0.3 is 5.97 Å². The summed E-state index contributed by atoms with van der Waals surface area (Å²) < 4.78 is 0.